The molecule has 0 unspecified atom stereocenters. The Labute approximate surface area is 210 Å². The predicted octanol–water partition coefficient (Wildman–Crippen LogP) is 3.39. The number of anilines is 2. The number of nitrogens with one attached hydrogen (secondary N) is 2. The third-order valence-corrected chi connectivity index (χ3v) is 6.86. The summed E-state index contributed by atoms with van der Waals surface area (Å²) in [6.07, 6.45) is -4.51. The van der Waals surface area contributed by atoms with Gasteiger partial charge < -0.3 is 20.4 Å². The number of likely N-dealkylation sites (N-methyl/N-ethyl adjacent to an activating group) is 1. The highest BCUT2D eigenvalue weighted by molar-refractivity contribution is 6.31. The Morgan fingerprint density at radius 3 is 2.58 bits per heavy atom. The summed E-state index contributed by atoms with van der Waals surface area (Å²) in [6, 6.07) is 4.65. The molecule has 2 aliphatic rings. The third kappa shape index (κ3) is 5.57. The molecule has 36 heavy (non-hydrogen) atoms. The van der Waals surface area contributed by atoms with E-state index in [2.05, 4.69) is 15.6 Å². The van der Waals surface area contributed by atoms with Gasteiger partial charge >= 0.3 is 6.18 Å². The average Bonchev–Trinajstić information content (AvgIpc) is 3.23. The van der Waals surface area contributed by atoms with Gasteiger partial charge in [-0.1, -0.05) is 11.6 Å². The molecule has 2 fully saturated rings. The topological polar surface area (TPSA) is 77.6 Å². The largest absolute Gasteiger partial charge is 0.416 e. The Kier molecular flexibility index (Phi) is 7.42. The van der Waals surface area contributed by atoms with Gasteiger partial charge in [0.1, 0.15) is 17.7 Å². The van der Waals surface area contributed by atoms with Crippen LogP contribution in [0, 0.1) is 24.6 Å². The number of aromatic nitrogens is 1. The summed E-state index contributed by atoms with van der Waals surface area (Å²) in [5, 5.41) is 5.84. The monoisotopic (exact) mass is 527 g/mol. The molecule has 0 bridgehead atoms. The molecule has 0 radical (unpaired) electrons. The van der Waals surface area contributed by atoms with E-state index in [0.29, 0.717) is 18.2 Å². The van der Waals surface area contributed by atoms with Gasteiger partial charge in [-0.05, 0) is 43.7 Å². The molecular weight excluding hydrogens is 502 g/mol. The van der Waals surface area contributed by atoms with E-state index in [9.17, 15) is 27.2 Å². The second-order valence-corrected chi connectivity index (χ2v) is 9.63. The minimum Gasteiger partial charge on any atom is -0.355 e. The Bertz CT molecular complexity index is 1160. The normalized spacial score (nSPS) is 20.2. The summed E-state index contributed by atoms with van der Waals surface area (Å²) < 4.78 is 54.1. The highest BCUT2D eigenvalue weighted by Gasteiger charge is 2.43. The van der Waals surface area contributed by atoms with Crippen LogP contribution >= 0.6 is 11.6 Å². The molecule has 2 amide bonds. The van der Waals surface area contributed by atoms with E-state index >= 15 is 0 Å². The fourth-order valence-electron chi connectivity index (χ4n) is 4.40. The number of hydrogen-bond acceptors (Lipinski definition) is 5. The number of rotatable bonds is 6. The molecule has 1 aromatic carbocycles. The van der Waals surface area contributed by atoms with Crippen molar-refractivity contribution in [3.05, 3.63) is 52.4 Å². The van der Waals surface area contributed by atoms with Gasteiger partial charge in [0.15, 0.2) is 0 Å². The average molecular weight is 528 g/mol. The lowest BCUT2D eigenvalue weighted by atomic mass is 10.0. The first-order valence-electron chi connectivity index (χ1n) is 11.5. The van der Waals surface area contributed by atoms with Crippen molar-refractivity contribution in [3.63, 3.8) is 0 Å². The van der Waals surface area contributed by atoms with Crippen molar-refractivity contribution in [1.29, 1.82) is 0 Å². The molecule has 4 rings (SSSR count). The van der Waals surface area contributed by atoms with E-state index in [1.165, 1.54) is 35.9 Å². The zero-order valence-corrected chi connectivity index (χ0v) is 20.5. The number of pyridine rings is 1. The smallest absolute Gasteiger partial charge is 0.355 e. The van der Waals surface area contributed by atoms with Crippen molar-refractivity contribution < 1.29 is 27.2 Å². The van der Waals surface area contributed by atoms with Gasteiger partial charge in [-0.3, -0.25) is 9.59 Å². The zero-order chi connectivity index (χ0) is 26.2. The van der Waals surface area contributed by atoms with Crippen molar-refractivity contribution in [2.75, 3.05) is 43.0 Å². The number of benzene rings is 1. The Balaban J connectivity index is 1.63. The number of hydrogen-bond donors (Lipinski definition) is 2. The van der Waals surface area contributed by atoms with Crippen LogP contribution in [0.1, 0.15) is 17.7 Å². The zero-order valence-electron chi connectivity index (χ0n) is 19.7. The van der Waals surface area contributed by atoms with Crippen LogP contribution in [0.2, 0.25) is 5.02 Å². The Morgan fingerprint density at radius 2 is 1.97 bits per heavy atom. The van der Waals surface area contributed by atoms with Crippen molar-refractivity contribution in [2.24, 2.45) is 11.8 Å². The quantitative estimate of drug-likeness (QED) is 0.563. The van der Waals surface area contributed by atoms with Crippen molar-refractivity contribution in [1.82, 2.24) is 15.6 Å². The van der Waals surface area contributed by atoms with Crippen molar-refractivity contribution in [3.8, 4) is 0 Å². The van der Waals surface area contributed by atoms with E-state index in [4.69, 9.17) is 11.6 Å². The summed E-state index contributed by atoms with van der Waals surface area (Å²) >= 11 is 5.87. The molecular formula is C24H26ClF4N5O2. The fraction of sp³-hybridized carbons (Fsp3) is 0.458. The van der Waals surface area contributed by atoms with Crippen LogP contribution in [0.15, 0.2) is 30.3 Å². The number of amides is 2. The maximum absolute atomic E-state index is 13.6. The second-order valence-electron chi connectivity index (χ2n) is 9.22. The fourth-order valence-corrected chi connectivity index (χ4v) is 4.58. The minimum atomic E-state index is -4.60. The molecule has 3 heterocycles. The van der Waals surface area contributed by atoms with E-state index < -0.39 is 35.4 Å². The van der Waals surface area contributed by atoms with Gasteiger partial charge in [-0.2, -0.15) is 13.2 Å². The van der Waals surface area contributed by atoms with Gasteiger partial charge in [-0.25, -0.2) is 9.37 Å². The third-order valence-electron chi connectivity index (χ3n) is 6.57. The first-order chi connectivity index (χ1) is 16.9. The summed E-state index contributed by atoms with van der Waals surface area (Å²) in [5.41, 5.74) is -0.444. The molecule has 0 saturated carbocycles. The number of alkyl halides is 3. The SMILES string of the molecule is Cc1cc(C(F)(F)F)cc(N2C[C@@H](C(=O)NCC3CNC3)C[C@H]2C(=O)N(C)c2ccc(F)c(Cl)c2)n1. The summed E-state index contributed by atoms with van der Waals surface area (Å²) in [6.45, 7) is 3.55. The Hall–Kier alpha value is -2.92. The molecule has 2 atom stereocenters. The first-order valence-corrected chi connectivity index (χ1v) is 11.9. The van der Waals surface area contributed by atoms with E-state index in [1.54, 1.807) is 0 Å². The van der Waals surface area contributed by atoms with Gasteiger partial charge in [0, 0.05) is 50.5 Å². The maximum atomic E-state index is 13.6. The van der Waals surface area contributed by atoms with Crippen molar-refractivity contribution in [2.45, 2.75) is 25.6 Å². The number of aryl methyl sites for hydroxylation is 1. The number of carbonyl (C=O) groups is 2. The van der Waals surface area contributed by atoms with E-state index in [-0.39, 0.29) is 35.4 Å². The highest BCUT2D eigenvalue weighted by Crippen LogP contribution is 2.36. The standard InChI is InChI=1S/C24H26ClF4N5O2/c1-13-5-16(24(27,28)29)7-21(32-13)34-12-15(22(35)31-11-14-9-30-10-14)6-20(34)23(36)33(2)17-3-4-19(26)18(25)8-17/h3-5,7-8,14-15,20,30H,6,9-12H2,1-2H3,(H,31,35)/t15-,20-/m0/s1. The van der Waals surface area contributed by atoms with Crippen molar-refractivity contribution >= 4 is 34.9 Å². The molecule has 12 heteroatoms. The van der Waals surface area contributed by atoms with Crippen LogP contribution in [0.4, 0.5) is 29.1 Å². The van der Waals surface area contributed by atoms with Gasteiger partial charge in [0.2, 0.25) is 11.8 Å². The van der Waals surface area contributed by atoms with Gasteiger partial charge in [0.25, 0.3) is 0 Å². The number of nitrogens with zero attached hydrogens (tertiary/aromatic N) is 3. The van der Waals surface area contributed by atoms with Crippen LogP contribution in [0.25, 0.3) is 0 Å². The molecule has 7 nitrogen and oxygen atoms in total. The number of halogens is 5. The van der Waals surface area contributed by atoms with Crippen LogP contribution in [0.3, 0.4) is 0 Å². The molecule has 0 spiro atoms. The lowest BCUT2D eigenvalue weighted by Gasteiger charge is -2.29. The van der Waals surface area contributed by atoms with Crippen LogP contribution in [-0.2, 0) is 15.8 Å². The van der Waals surface area contributed by atoms with Gasteiger partial charge in [-0.15, -0.1) is 0 Å². The lowest BCUT2D eigenvalue weighted by molar-refractivity contribution is -0.137. The summed E-state index contributed by atoms with van der Waals surface area (Å²) in [5.74, 6) is -1.73. The first kappa shape index (κ1) is 26.2. The predicted molar refractivity (Wildman–Crippen MR) is 127 cm³/mol. The van der Waals surface area contributed by atoms with E-state index in [1.807, 2.05) is 0 Å². The molecule has 0 aliphatic carbocycles. The van der Waals surface area contributed by atoms with Gasteiger partial charge in [0.05, 0.1) is 16.5 Å². The second kappa shape index (κ2) is 10.2. The molecule has 2 aromatic rings. The summed E-state index contributed by atoms with van der Waals surface area (Å²) in [4.78, 5) is 33.4. The molecule has 2 aliphatic heterocycles. The maximum Gasteiger partial charge on any atom is 0.416 e. The lowest BCUT2D eigenvalue weighted by Crippen LogP contribution is -2.49. The van der Waals surface area contributed by atoms with E-state index in [0.717, 1.165) is 31.3 Å². The molecule has 194 valence electrons. The summed E-state index contributed by atoms with van der Waals surface area (Å²) in [7, 11) is 1.46. The minimum absolute atomic E-state index is 0.0247. The molecule has 1 aromatic heterocycles. The molecule has 2 N–H and O–H groups in total. The highest BCUT2D eigenvalue weighted by atomic mass is 35.5. The van der Waals surface area contributed by atoms with Crippen LogP contribution < -0.4 is 20.4 Å². The number of carbonyl (C=O) groups excluding carboxylic acids is 2. The van der Waals surface area contributed by atoms with Crippen LogP contribution in [0.5, 0.6) is 0 Å². The van der Waals surface area contributed by atoms with Crippen LogP contribution in [-0.4, -0.2) is 56.1 Å². The Morgan fingerprint density at radius 1 is 1.25 bits per heavy atom. The molecule has 2 saturated heterocycles.